The standard InChI is InChI=1S/C15H19N3O2S/c1-10-4-5-11(2)15(14(10)16)21(19,20)18-9-13-6-7-17-8-12(13)3/h4-8,18H,9,16H2,1-3H3. The Morgan fingerprint density at radius 3 is 2.43 bits per heavy atom. The van der Waals surface area contributed by atoms with Gasteiger partial charge in [-0.1, -0.05) is 12.1 Å². The third kappa shape index (κ3) is 3.22. The Hall–Kier alpha value is -1.92. The van der Waals surface area contributed by atoms with Crippen LogP contribution in [0.25, 0.3) is 0 Å². The fourth-order valence-electron chi connectivity index (χ4n) is 2.11. The van der Waals surface area contributed by atoms with Crippen LogP contribution in [0.4, 0.5) is 5.69 Å². The van der Waals surface area contributed by atoms with E-state index >= 15 is 0 Å². The Bertz CT molecular complexity index is 770. The zero-order valence-corrected chi connectivity index (χ0v) is 13.2. The molecular formula is C15H19N3O2S. The normalized spacial score (nSPS) is 11.6. The molecule has 21 heavy (non-hydrogen) atoms. The second-order valence-electron chi connectivity index (χ2n) is 5.07. The smallest absolute Gasteiger partial charge is 0.243 e. The van der Waals surface area contributed by atoms with Gasteiger partial charge in [0.1, 0.15) is 4.90 Å². The molecule has 0 amide bonds. The van der Waals surface area contributed by atoms with E-state index in [2.05, 4.69) is 9.71 Å². The highest BCUT2D eigenvalue weighted by Gasteiger charge is 2.21. The molecule has 112 valence electrons. The van der Waals surface area contributed by atoms with Gasteiger partial charge in [-0.05, 0) is 49.1 Å². The molecule has 6 heteroatoms. The van der Waals surface area contributed by atoms with Gasteiger partial charge in [0.2, 0.25) is 10.0 Å². The van der Waals surface area contributed by atoms with Gasteiger partial charge in [-0.3, -0.25) is 4.98 Å². The van der Waals surface area contributed by atoms with Gasteiger partial charge in [0.15, 0.2) is 0 Å². The molecule has 0 aliphatic rings. The van der Waals surface area contributed by atoms with Crippen molar-refractivity contribution in [2.75, 3.05) is 5.73 Å². The summed E-state index contributed by atoms with van der Waals surface area (Å²) in [5.74, 6) is 0. The molecule has 2 rings (SSSR count). The molecule has 1 aromatic carbocycles. The molecule has 0 bridgehead atoms. The number of anilines is 1. The maximum absolute atomic E-state index is 12.5. The number of nitrogen functional groups attached to an aromatic ring is 1. The molecule has 0 atom stereocenters. The van der Waals surface area contributed by atoms with E-state index in [-0.39, 0.29) is 11.4 Å². The van der Waals surface area contributed by atoms with Crippen molar-refractivity contribution < 1.29 is 8.42 Å². The van der Waals surface area contributed by atoms with Gasteiger partial charge < -0.3 is 5.73 Å². The molecule has 1 heterocycles. The van der Waals surface area contributed by atoms with Crippen LogP contribution in [-0.4, -0.2) is 13.4 Å². The van der Waals surface area contributed by atoms with Gasteiger partial charge in [-0.15, -0.1) is 0 Å². The quantitative estimate of drug-likeness (QED) is 0.847. The molecule has 0 radical (unpaired) electrons. The van der Waals surface area contributed by atoms with Crippen LogP contribution in [0.1, 0.15) is 22.3 Å². The molecule has 0 saturated heterocycles. The minimum atomic E-state index is -3.65. The largest absolute Gasteiger partial charge is 0.397 e. The highest BCUT2D eigenvalue weighted by atomic mass is 32.2. The Balaban J connectivity index is 2.32. The van der Waals surface area contributed by atoms with Crippen molar-refractivity contribution in [3.05, 3.63) is 52.8 Å². The van der Waals surface area contributed by atoms with Crippen molar-refractivity contribution in [3.8, 4) is 0 Å². The highest BCUT2D eigenvalue weighted by Crippen LogP contribution is 2.25. The minimum Gasteiger partial charge on any atom is -0.397 e. The van der Waals surface area contributed by atoms with Crippen LogP contribution < -0.4 is 10.5 Å². The third-order valence-electron chi connectivity index (χ3n) is 3.47. The first kappa shape index (κ1) is 15.5. The van der Waals surface area contributed by atoms with E-state index in [0.717, 1.165) is 16.7 Å². The van der Waals surface area contributed by atoms with Crippen molar-refractivity contribution in [1.29, 1.82) is 0 Å². The molecule has 0 saturated carbocycles. The van der Waals surface area contributed by atoms with Crippen LogP contribution in [0.2, 0.25) is 0 Å². The molecule has 2 aromatic rings. The van der Waals surface area contributed by atoms with Crippen LogP contribution in [0.15, 0.2) is 35.5 Å². The van der Waals surface area contributed by atoms with Gasteiger partial charge in [-0.2, -0.15) is 0 Å². The first-order valence-electron chi connectivity index (χ1n) is 6.58. The molecular weight excluding hydrogens is 286 g/mol. The second-order valence-corrected chi connectivity index (χ2v) is 6.77. The lowest BCUT2D eigenvalue weighted by molar-refractivity contribution is 0.581. The fraction of sp³-hybridized carbons (Fsp3) is 0.267. The number of nitrogens with two attached hydrogens (primary N) is 1. The fourth-order valence-corrected chi connectivity index (χ4v) is 3.54. The van der Waals surface area contributed by atoms with Crippen molar-refractivity contribution in [2.24, 2.45) is 0 Å². The zero-order valence-electron chi connectivity index (χ0n) is 12.3. The van der Waals surface area contributed by atoms with E-state index < -0.39 is 10.0 Å². The number of nitrogens with one attached hydrogen (secondary N) is 1. The zero-order chi connectivity index (χ0) is 15.6. The SMILES string of the molecule is Cc1cnccc1CNS(=O)(=O)c1c(C)ccc(C)c1N. The lowest BCUT2D eigenvalue weighted by Gasteiger charge is -2.14. The number of rotatable bonds is 4. The van der Waals surface area contributed by atoms with E-state index in [1.54, 1.807) is 38.4 Å². The van der Waals surface area contributed by atoms with E-state index in [9.17, 15) is 8.42 Å². The molecule has 0 aliphatic carbocycles. The Kier molecular flexibility index (Phi) is 4.29. The number of aryl methyl sites for hydroxylation is 3. The van der Waals surface area contributed by atoms with Crippen LogP contribution in [0, 0.1) is 20.8 Å². The summed E-state index contributed by atoms with van der Waals surface area (Å²) in [5.41, 5.74) is 9.45. The van der Waals surface area contributed by atoms with E-state index in [4.69, 9.17) is 5.73 Å². The number of nitrogens with zero attached hydrogens (tertiary/aromatic N) is 1. The number of pyridine rings is 1. The second kappa shape index (κ2) is 5.83. The first-order chi connectivity index (χ1) is 9.83. The predicted molar refractivity (Wildman–Crippen MR) is 83.3 cm³/mol. The Labute approximate surface area is 125 Å². The van der Waals surface area contributed by atoms with Crippen LogP contribution in [0.5, 0.6) is 0 Å². The summed E-state index contributed by atoms with van der Waals surface area (Å²) in [5, 5.41) is 0. The van der Waals surface area contributed by atoms with Crippen molar-refractivity contribution in [2.45, 2.75) is 32.2 Å². The van der Waals surface area contributed by atoms with E-state index in [0.29, 0.717) is 11.3 Å². The number of hydrogen-bond donors (Lipinski definition) is 2. The summed E-state index contributed by atoms with van der Waals surface area (Å²) in [6.45, 7) is 5.63. The van der Waals surface area contributed by atoms with Crippen molar-refractivity contribution >= 4 is 15.7 Å². The molecule has 0 fully saturated rings. The molecule has 0 spiro atoms. The van der Waals surface area contributed by atoms with Crippen LogP contribution in [-0.2, 0) is 16.6 Å². The van der Waals surface area contributed by atoms with Crippen LogP contribution in [0.3, 0.4) is 0 Å². The first-order valence-corrected chi connectivity index (χ1v) is 8.06. The number of benzene rings is 1. The summed E-state index contributed by atoms with van der Waals surface area (Å²) in [7, 11) is -3.65. The maximum Gasteiger partial charge on any atom is 0.243 e. The molecule has 3 N–H and O–H groups in total. The monoisotopic (exact) mass is 305 g/mol. The van der Waals surface area contributed by atoms with Crippen LogP contribution >= 0.6 is 0 Å². The molecule has 0 unspecified atom stereocenters. The summed E-state index contributed by atoms with van der Waals surface area (Å²) < 4.78 is 27.6. The Morgan fingerprint density at radius 2 is 1.76 bits per heavy atom. The summed E-state index contributed by atoms with van der Waals surface area (Å²) >= 11 is 0. The van der Waals surface area contributed by atoms with Gasteiger partial charge in [-0.25, -0.2) is 13.1 Å². The van der Waals surface area contributed by atoms with Crippen molar-refractivity contribution in [1.82, 2.24) is 9.71 Å². The molecule has 5 nitrogen and oxygen atoms in total. The maximum atomic E-state index is 12.5. The third-order valence-corrected chi connectivity index (χ3v) is 5.07. The lowest BCUT2D eigenvalue weighted by atomic mass is 10.1. The summed E-state index contributed by atoms with van der Waals surface area (Å²) in [6, 6.07) is 5.37. The number of aromatic nitrogens is 1. The van der Waals surface area contributed by atoms with E-state index in [1.165, 1.54) is 0 Å². The van der Waals surface area contributed by atoms with E-state index in [1.807, 2.05) is 13.0 Å². The Morgan fingerprint density at radius 1 is 1.10 bits per heavy atom. The van der Waals surface area contributed by atoms with Gasteiger partial charge in [0, 0.05) is 18.9 Å². The highest BCUT2D eigenvalue weighted by molar-refractivity contribution is 7.89. The molecule has 1 aromatic heterocycles. The number of hydrogen-bond acceptors (Lipinski definition) is 4. The minimum absolute atomic E-state index is 0.161. The average Bonchev–Trinajstić information content (AvgIpc) is 2.42. The summed E-state index contributed by atoms with van der Waals surface area (Å²) in [4.78, 5) is 4.15. The van der Waals surface area contributed by atoms with Gasteiger partial charge in [0.05, 0.1) is 5.69 Å². The topological polar surface area (TPSA) is 85.1 Å². The molecule has 0 aliphatic heterocycles. The predicted octanol–water partition coefficient (Wildman–Crippen LogP) is 2.07. The average molecular weight is 305 g/mol. The number of sulfonamides is 1. The van der Waals surface area contributed by atoms with Crippen molar-refractivity contribution in [3.63, 3.8) is 0 Å². The lowest BCUT2D eigenvalue weighted by Crippen LogP contribution is -2.25. The van der Waals surface area contributed by atoms with Gasteiger partial charge >= 0.3 is 0 Å². The van der Waals surface area contributed by atoms with Gasteiger partial charge in [0.25, 0.3) is 0 Å². The summed E-state index contributed by atoms with van der Waals surface area (Å²) in [6.07, 6.45) is 3.35.